The average molecular weight is 449 g/mol. The molecule has 1 aliphatic heterocycles. The number of nitrogens with one attached hydrogen (secondary N) is 1. The van der Waals surface area contributed by atoms with E-state index in [1.165, 1.54) is 0 Å². The van der Waals surface area contributed by atoms with E-state index >= 15 is 0 Å². The van der Waals surface area contributed by atoms with E-state index in [0.717, 1.165) is 36.6 Å². The van der Waals surface area contributed by atoms with Gasteiger partial charge in [-0.05, 0) is 24.5 Å². The Balaban J connectivity index is 0.00000288. The molecule has 7 heteroatoms. The summed E-state index contributed by atoms with van der Waals surface area (Å²) in [5.41, 5.74) is 6.74. The second-order valence-electron chi connectivity index (χ2n) is 5.93. The summed E-state index contributed by atoms with van der Waals surface area (Å²) in [6, 6.07) is 5.67. The lowest BCUT2D eigenvalue weighted by Crippen LogP contribution is -2.23. The normalized spacial score (nSPS) is 14.0. The predicted molar refractivity (Wildman–Crippen MR) is 108 cm³/mol. The van der Waals surface area contributed by atoms with Crippen LogP contribution in [-0.2, 0) is 4.74 Å². The van der Waals surface area contributed by atoms with Gasteiger partial charge in [0.1, 0.15) is 0 Å². The summed E-state index contributed by atoms with van der Waals surface area (Å²) in [4.78, 5) is 4.30. The summed E-state index contributed by atoms with van der Waals surface area (Å²) >= 11 is 0. The zero-order valence-electron chi connectivity index (χ0n) is 14.4. The molecular formula is C17H28IN3O3. The summed E-state index contributed by atoms with van der Waals surface area (Å²) in [6.45, 7) is 7.75. The number of halogens is 1. The van der Waals surface area contributed by atoms with E-state index in [2.05, 4.69) is 24.2 Å². The Morgan fingerprint density at radius 1 is 1.29 bits per heavy atom. The van der Waals surface area contributed by atoms with E-state index in [9.17, 15) is 0 Å². The Labute approximate surface area is 161 Å². The smallest absolute Gasteiger partial charge is 0.193 e. The van der Waals surface area contributed by atoms with Crippen molar-refractivity contribution >= 4 is 35.6 Å². The first-order valence-corrected chi connectivity index (χ1v) is 8.19. The largest absolute Gasteiger partial charge is 0.490 e. The molecule has 0 unspecified atom stereocenters. The van der Waals surface area contributed by atoms with Crippen LogP contribution in [0.4, 0.5) is 5.69 Å². The van der Waals surface area contributed by atoms with Crippen molar-refractivity contribution in [2.45, 2.75) is 26.7 Å². The molecule has 1 aromatic rings. The molecule has 0 spiro atoms. The topological polar surface area (TPSA) is 78.1 Å². The monoisotopic (exact) mass is 449 g/mol. The lowest BCUT2D eigenvalue weighted by atomic mass is 10.2. The minimum atomic E-state index is 0. The van der Waals surface area contributed by atoms with Crippen molar-refractivity contribution in [3.8, 4) is 11.5 Å². The third-order valence-electron chi connectivity index (χ3n) is 3.20. The second kappa shape index (κ2) is 11.4. The van der Waals surface area contributed by atoms with Gasteiger partial charge >= 0.3 is 0 Å². The Bertz CT molecular complexity index is 524. The van der Waals surface area contributed by atoms with Crippen LogP contribution >= 0.6 is 24.0 Å². The number of benzene rings is 1. The molecule has 0 saturated carbocycles. The molecular weight excluding hydrogens is 421 g/mol. The van der Waals surface area contributed by atoms with Crippen LogP contribution in [0.5, 0.6) is 11.5 Å². The van der Waals surface area contributed by atoms with Gasteiger partial charge in [-0.1, -0.05) is 13.8 Å². The number of hydrogen-bond donors (Lipinski definition) is 2. The molecule has 2 rings (SSSR count). The van der Waals surface area contributed by atoms with Crippen LogP contribution in [0.3, 0.4) is 0 Å². The van der Waals surface area contributed by atoms with E-state index < -0.39 is 0 Å². The van der Waals surface area contributed by atoms with Crippen molar-refractivity contribution in [1.29, 1.82) is 0 Å². The number of aliphatic imine (C=N–C) groups is 1. The van der Waals surface area contributed by atoms with E-state index in [4.69, 9.17) is 19.9 Å². The molecule has 1 aliphatic rings. The van der Waals surface area contributed by atoms with Gasteiger partial charge in [-0.25, -0.2) is 0 Å². The highest BCUT2D eigenvalue weighted by atomic mass is 127. The standard InChI is InChI=1S/C17H27N3O3.HI/c1-13(2)12-21-8-3-7-19-17(18)20-14-5-6-15-16(11-14)23-10-4-9-22-15;/h5-6,11,13H,3-4,7-10,12H2,1-2H3,(H3,18,19,20);1H. The molecule has 1 aromatic carbocycles. The fraction of sp³-hybridized carbons (Fsp3) is 0.588. The van der Waals surface area contributed by atoms with Gasteiger partial charge in [0, 0.05) is 37.9 Å². The zero-order valence-corrected chi connectivity index (χ0v) is 16.7. The molecule has 0 radical (unpaired) electrons. The van der Waals surface area contributed by atoms with E-state index in [1.807, 2.05) is 18.2 Å². The Hall–Kier alpha value is -1.22. The maximum absolute atomic E-state index is 5.90. The highest BCUT2D eigenvalue weighted by molar-refractivity contribution is 14.0. The summed E-state index contributed by atoms with van der Waals surface area (Å²) < 4.78 is 16.8. The fourth-order valence-electron chi connectivity index (χ4n) is 2.11. The summed E-state index contributed by atoms with van der Waals surface area (Å²) in [5, 5.41) is 3.07. The van der Waals surface area contributed by atoms with Crippen molar-refractivity contribution in [3.05, 3.63) is 18.2 Å². The number of ether oxygens (including phenoxy) is 3. The molecule has 136 valence electrons. The third kappa shape index (κ3) is 7.57. The van der Waals surface area contributed by atoms with Gasteiger partial charge in [0.25, 0.3) is 0 Å². The van der Waals surface area contributed by atoms with Gasteiger partial charge in [-0.2, -0.15) is 0 Å². The van der Waals surface area contributed by atoms with Gasteiger partial charge in [-0.3, -0.25) is 4.99 Å². The first kappa shape index (κ1) is 20.8. The number of nitrogens with two attached hydrogens (primary N) is 1. The summed E-state index contributed by atoms with van der Waals surface area (Å²) in [5.74, 6) is 2.46. The molecule has 6 nitrogen and oxygen atoms in total. The van der Waals surface area contributed by atoms with Crippen LogP contribution in [0.15, 0.2) is 23.2 Å². The quantitative estimate of drug-likeness (QED) is 0.289. The molecule has 0 amide bonds. The van der Waals surface area contributed by atoms with Crippen LogP contribution < -0.4 is 20.5 Å². The van der Waals surface area contributed by atoms with Crippen LogP contribution in [0.2, 0.25) is 0 Å². The first-order valence-electron chi connectivity index (χ1n) is 8.19. The molecule has 1 heterocycles. The maximum atomic E-state index is 5.90. The lowest BCUT2D eigenvalue weighted by molar-refractivity contribution is 0.109. The van der Waals surface area contributed by atoms with E-state index in [0.29, 0.717) is 38.2 Å². The highest BCUT2D eigenvalue weighted by Crippen LogP contribution is 2.32. The van der Waals surface area contributed by atoms with Crippen LogP contribution in [0, 0.1) is 5.92 Å². The second-order valence-corrected chi connectivity index (χ2v) is 5.93. The number of guanidine groups is 1. The van der Waals surface area contributed by atoms with E-state index in [-0.39, 0.29) is 24.0 Å². The van der Waals surface area contributed by atoms with Crippen molar-refractivity contribution in [2.75, 3.05) is 38.3 Å². The Kier molecular flexibility index (Phi) is 9.85. The molecule has 0 aromatic heterocycles. The number of rotatable bonds is 7. The van der Waals surface area contributed by atoms with Gasteiger partial charge < -0.3 is 25.3 Å². The van der Waals surface area contributed by atoms with Crippen LogP contribution in [0.1, 0.15) is 26.7 Å². The summed E-state index contributed by atoms with van der Waals surface area (Å²) in [6.07, 6.45) is 1.75. The minimum absolute atomic E-state index is 0. The summed E-state index contributed by atoms with van der Waals surface area (Å²) in [7, 11) is 0. The lowest BCUT2D eigenvalue weighted by Gasteiger charge is -2.11. The maximum Gasteiger partial charge on any atom is 0.193 e. The van der Waals surface area contributed by atoms with Crippen LogP contribution in [0.25, 0.3) is 0 Å². The van der Waals surface area contributed by atoms with Gasteiger partial charge in [-0.15, -0.1) is 24.0 Å². The number of nitrogens with zero attached hydrogens (tertiary/aromatic N) is 1. The molecule has 0 atom stereocenters. The molecule has 3 N–H and O–H groups in total. The Morgan fingerprint density at radius 3 is 2.79 bits per heavy atom. The Morgan fingerprint density at radius 2 is 2.04 bits per heavy atom. The molecule has 0 aliphatic carbocycles. The molecule has 24 heavy (non-hydrogen) atoms. The average Bonchev–Trinajstić information content (AvgIpc) is 2.75. The SMILES string of the molecule is CC(C)COCCCN=C(N)Nc1ccc2c(c1)OCCCO2.I. The fourth-order valence-corrected chi connectivity index (χ4v) is 2.11. The minimum Gasteiger partial charge on any atom is -0.490 e. The zero-order chi connectivity index (χ0) is 16.5. The molecule has 0 bridgehead atoms. The van der Waals surface area contributed by atoms with Crippen LogP contribution in [-0.4, -0.2) is 38.9 Å². The molecule has 0 fully saturated rings. The van der Waals surface area contributed by atoms with Gasteiger partial charge in [0.05, 0.1) is 13.2 Å². The number of hydrogen-bond acceptors (Lipinski definition) is 4. The first-order chi connectivity index (χ1) is 11.1. The number of fused-ring (bicyclic) bond motifs is 1. The van der Waals surface area contributed by atoms with Gasteiger partial charge in [0.15, 0.2) is 17.5 Å². The predicted octanol–water partition coefficient (Wildman–Crippen LogP) is 3.26. The van der Waals surface area contributed by atoms with Crippen molar-refractivity contribution in [2.24, 2.45) is 16.6 Å². The van der Waals surface area contributed by atoms with Crippen molar-refractivity contribution in [3.63, 3.8) is 0 Å². The van der Waals surface area contributed by atoms with Crippen molar-refractivity contribution < 1.29 is 14.2 Å². The van der Waals surface area contributed by atoms with Gasteiger partial charge in [0.2, 0.25) is 0 Å². The van der Waals surface area contributed by atoms with E-state index in [1.54, 1.807) is 0 Å². The third-order valence-corrected chi connectivity index (χ3v) is 3.20. The number of anilines is 1. The highest BCUT2D eigenvalue weighted by Gasteiger charge is 2.10. The van der Waals surface area contributed by atoms with Crippen molar-refractivity contribution in [1.82, 2.24) is 0 Å². The molecule has 0 saturated heterocycles.